The van der Waals surface area contributed by atoms with Crippen molar-refractivity contribution in [1.29, 1.82) is 0 Å². The van der Waals surface area contributed by atoms with Crippen LogP contribution in [0.2, 0.25) is 0 Å². The monoisotopic (exact) mass is 331 g/mol. The van der Waals surface area contributed by atoms with Crippen molar-refractivity contribution in [2.24, 2.45) is 0 Å². The van der Waals surface area contributed by atoms with E-state index in [4.69, 9.17) is 8.83 Å². The molecule has 0 unspecified atom stereocenters. The molecule has 0 aliphatic rings. The molecule has 5 nitrogen and oxygen atoms in total. The number of amides is 1. The Hall–Kier alpha value is -2.22. The second-order valence-electron chi connectivity index (χ2n) is 4.83. The first-order valence-corrected chi connectivity index (χ1v) is 6.91. The van der Waals surface area contributed by atoms with Crippen molar-refractivity contribution in [3.8, 4) is 0 Å². The Labute approximate surface area is 130 Å². The number of rotatable bonds is 8. The molecule has 0 aromatic carbocycles. The Balaban J connectivity index is 1.88. The summed E-state index contributed by atoms with van der Waals surface area (Å²) < 4.78 is 50.9. The van der Waals surface area contributed by atoms with E-state index in [-0.39, 0.29) is 32.0 Å². The summed E-state index contributed by atoms with van der Waals surface area (Å²) in [5.74, 6) is 0.794. The standard InChI is InChI=1S/C15H16F3NO4/c16-15(17,18)11-21-8-5-14(20)19(9-12-3-1-6-22-12)10-13-4-2-7-23-13/h1-4,6-7H,5,8-11H2. The molecule has 0 spiro atoms. The molecular formula is C15H16F3NO4. The molecule has 2 heterocycles. The van der Waals surface area contributed by atoms with Crippen molar-refractivity contribution < 1.29 is 31.5 Å². The summed E-state index contributed by atoms with van der Waals surface area (Å²) in [7, 11) is 0. The third-order valence-electron chi connectivity index (χ3n) is 2.93. The number of furan rings is 2. The predicted octanol–water partition coefficient (Wildman–Crippen LogP) is 3.37. The van der Waals surface area contributed by atoms with E-state index < -0.39 is 12.8 Å². The lowest BCUT2D eigenvalue weighted by molar-refractivity contribution is -0.175. The fraction of sp³-hybridized carbons (Fsp3) is 0.400. The van der Waals surface area contributed by atoms with Crippen LogP contribution in [0.4, 0.5) is 13.2 Å². The highest BCUT2D eigenvalue weighted by Gasteiger charge is 2.27. The van der Waals surface area contributed by atoms with E-state index in [1.54, 1.807) is 24.3 Å². The normalized spacial score (nSPS) is 11.6. The number of hydrogen-bond donors (Lipinski definition) is 0. The molecule has 2 aromatic heterocycles. The van der Waals surface area contributed by atoms with E-state index in [1.165, 1.54) is 17.4 Å². The Morgan fingerprint density at radius 2 is 1.65 bits per heavy atom. The molecule has 0 aliphatic heterocycles. The Kier molecular flexibility index (Phi) is 5.86. The molecule has 2 rings (SSSR count). The smallest absolute Gasteiger partial charge is 0.411 e. The van der Waals surface area contributed by atoms with Gasteiger partial charge in [0, 0.05) is 0 Å². The second-order valence-corrected chi connectivity index (χ2v) is 4.83. The van der Waals surface area contributed by atoms with E-state index in [9.17, 15) is 18.0 Å². The molecule has 23 heavy (non-hydrogen) atoms. The summed E-state index contributed by atoms with van der Waals surface area (Å²) >= 11 is 0. The molecule has 0 saturated carbocycles. The van der Waals surface area contributed by atoms with Crippen molar-refractivity contribution in [1.82, 2.24) is 4.90 Å². The highest BCUT2D eigenvalue weighted by atomic mass is 19.4. The second kappa shape index (κ2) is 7.87. The summed E-state index contributed by atoms with van der Waals surface area (Å²) in [4.78, 5) is 13.6. The van der Waals surface area contributed by atoms with Crippen LogP contribution in [0.5, 0.6) is 0 Å². The van der Waals surface area contributed by atoms with Crippen molar-refractivity contribution >= 4 is 5.91 Å². The van der Waals surface area contributed by atoms with Crippen molar-refractivity contribution in [3.05, 3.63) is 48.3 Å². The molecule has 1 amide bonds. The van der Waals surface area contributed by atoms with Crippen LogP contribution < -0.4 is 0 Å². The summed E-state index contributed by atoms with van der Waals surface area (Å²) in [6.45, 7) is -1.26. The molecule has 126 valence electrons. The molecule has 0 fully saturated rings. The number of carbonyl (C=O) groups excluding carboxylic acids is 1. The maximum absolute atomic E-state index is 12.2. The average Bonchev–Trinajstić information content (AvgIpc) is 3.15. The summed E-state index contributed by atoms with van der Waals surface area (Å²) in [5.41, 5.74) is 0. The van der Waals surface area contributed by atoms with Gasteiger partial charge in [0.15, 0.2) is 0 Å². The van der Waals surface area contributed by atoms with Gasteiger partial charge in [0.2, 0.25) is 5.91 Å². The Morgan fingerprint density at radius 1 is 1.09 bits per heavy atom. The third kappa shape index (κ3) is 6.19. The van der Waals surface area contributed by atoms with Gasteiger partial charge in [-0.15, -0.1) is 0 Å². The molecule has 0 saturated heterocycles. The number of alkyl halides is 3. The van der Waals surface area contributed by atoms with Crippen LogP contribution in [0.25, 0.3) is 0 Å². The van der Waals surface area contributed by atoms with E-state index in [0.717, 1.165) is 0 Å². The van der Waals surface area contributed by atoms with E-state index in [0.29, 0.717) is 11.5 Å². The fourth-order valence-electron chi connectivity index (χ4n) is 1.92. The summed E-state index contributed by atoms with van der Waals surface area (Å²) in [5, 5.41) is 0. The van der Waals surface area contributed by atoms with Gasteiger partial charge in [0.05, 0.1) is 38.6 Å². The molecule has 0 bridgehead atoms. The summed E-state index contributed by atoms with van der Waals surface area (Å²) in [6, 6.07) is 6.81. The van der Waals surface area contributed by atoms with E-state index in [1.807, 2.05) is 0 Å². The van der Waals surface area contributed by atoms with Gasteiger partial charge < -0.3 is 18.5 Å². The third-order valence-corrected chi connectivity index (χ3v) is 2.93. The first-order chi connectivity index (χ1) is 10.9. The quantitative estimate of drug-likeness (QED) is 0.696. The van der Waals surface area contributed by atoms with Crippen molar-refractivity contribution in [2.75, 3.05) is 13.2 Å². The number of ether oxygens (including phenoxy) is 1. The highest BCUT2D eigenvalue weighted by Crippen LogP contribution is 2.15. The van der Waals surface area contributed by atoms with Crippen LogP contribution in [0.15, 0.2) is 45.6 Å². The number of nitrogens with zero attached hydrogens (tertiary/aromatic N) is 1. The lowest BCUT2D eigenvalue weighted by Crippen LogP contribution is -2.31. The Morgan fingerprint density at radius 3 is 2.09 bits per heavy atom. The van der Waals surface area contributed by atoms with Crippen LogP contribution in [-0.4, -0.2) is 30.2 Å². The lowest BCUT2D eigenvalue weighted by atomic mass is 10.3. The fourth-order valence-corrected chi connectivity index (χ4v) is 1.92. The maximum atomic E-state index is 12.2. The zero-order valence-electron chi connectivity index (χ0n) is 12.2. The van der Waals surface area contributed by atoms with Gasteiger partial charge in [-0.2, -0.15) is 13.2 Å². The lowest BCUT2D eigenvalue weighted by Gasteiger charge is -2.20. The van der Waals surface area contributed by atoms with Gasteiger partial charge in [-0.3, -0.25) is 4.79 Å². The first kappa shape index (κ1) is 17.1. The van der Waals surface area contributed by atoms with Crippen LogP contribution in [0, 0.1) is 0 Å². The number of carbonyl (C=O) groups is 1. The summed E-state index contributed by atoms with van der Waals surface area (Å²) in [6.07, 6.45) is -1.59. The molecule has 2 aromatic rings. The SMILES string of the molecule is O=C(CCOCC(F)(F)F)N(Cc1ccco1)Cc1ccco1. The van der Waals surface area contributed by atoms with Gasteiger partial charge in [-0.1, -0.05) is 0 Å². The van der Waals surface area contributed by atoms with Gasteiger partial charge in [0.1, 0.15) is 18.1 Å². The van der Waals surface area contributed by atoms with Gasteiger partial charge in [0.25, 0.3) is 0 Å². The zero-order chi connectivity index (χ0) is 16.7. The van der Waals surface area contributed by atoms with E-state index >= 15 is 0 Å². The first-order valence-electron chi connectivity index (χ1n) is 6.91. The molecule has 0 radical (unpaired) electrons. The molecule has 8 heteroatoms. The van der Waals surface area contributed by atoms with E-state index in [2.05, 4.69) is 4.74 Å². The largest absolute Gasteiger partial charge is 0.467 e. The van der Waals surface area contributed by atoms with Gasteiger partial charge in [-0.05, 0) is 24.3 Å². The number of halogens is 3. The highest BCUT2D eigenvalue weighted by molar-refractivity contribution is 5.76. The van der Waals surface area contributed by atoms with Crippen LogP contribution in [0.1, 0.15) is 17.9 Å². The average molecular weight is 331 g/mol. The van der Waals surface area contributed by atoms with Gasteiger partial charge in [-0.25, -0.2) is 0 Å². The van der Waals surface area contributed by atoms with Crippen LogP contribution in [0.3, 0.4) is 0 Å². The minimum atomic E-state index is -4.40. The predicted molar refractivity (Wildman–Crippen MR) is 73.2 cm³/mol. The Bertz CT molecular complexity index is 542. The minimum Gasteiger partial charge on any atom is -0.467 e. The zero-order valence-corrected chi connectivity index (χ0v) is 12.2. The van der Waals surface area contributed by atoms with Crippen LogP contribution >= 0.6 is 0 Å². The molecule has 0 aliphatic carbocycles. The van der Waals surface area contributed by atoms with Gasteiger partial charge >= 0.3 is 6.18 Å². The molecule has 0 atom stereocenters. The molecule has 0 N–H and O–H groups in total. The maximum Gasteiger partial charge on any atom is 0.411 e. The molecular weight excluding hydrogens is 315 g/mol. The number of hydrogen-bond acceptors (Lipinski definition) is 4. The van der Waals surface area contributed by atoms with Crippen molar-refractivity contribution in [3.63, 3.8) is 0 Å². The minimum absolute atomic E-state index is 0.155. The van der Waals surface area contributed by atoms with Crippen LogP contribution in [-0.2, 0) is 22.6 Å². The van der Waals surface area contributed by atoms with Crippen molar-refractivity contribution in [2.45, 2.75) is 25.7 Å². The topological polar surface area (TPSA) is 55.8 Å².